The molecule has 0 radical (unpaired) electrons. The highest BCUT2D eigenvalue weighted by Crippen LogP contribution is 2.10. The third-order valence-corrected chi connectivity index (χ3v) is 5.46. The number of nitrogens with zero attached hydrogens (tertiary/aromatic N) is 4. The largest absolute Gasteiger partial charge is 0.447 e. The van der Waals surface area contributed by atoms with Gasteiger partial charge in [-0.15, -0.1) is 0 Å². The number of hydrogen-bond acceptors (Lipinski definition) is 7. The zero-order chi connectivity index (χ0) is 21.4. The number of aromatic nitrogens is 1. The van der Waals surface area contributed by atoms with Crippen LogP contribution in [0, 0.1) is 5.92 Å². The van der Waals surface area contributed by atoms with Crippen LogP contribution in [0.1, 0.15) is 50.5 Å². The molecule has 0 bridgehead atoms. The zero-order valence-corrected chi connectivity index (χ0v) is 18.7. The first-order chi connectivity index (χ1) is 13.7. The molecule has 0 aliphatic carbocycles. The number of nitrogens with one attached hydrogen (secondary N) is 1. The van der Waals surface area contributed by atoms with Crippen molar-refractivity contribution in [1.29, 1.82) is 0 Å². The molecule has 0 aromatic carbocycles. The number of aliphatic hydroxyl groups is 1. The molecule has 1 aliphatic heterocycles. The molecule has 29 heavy (non-hydrogen) atoms. The standard InChI is InChI=1S/C21H39N5O3/c1-16(2)6-7-22-21(28)19-15-29-20(23-19)14-26-10-8-25(9-11-26)13-18(27)12-24(5)17(3)4/h15-18,27H,6-14H2,1-5H3,(H,22,28). The summed E-state index contributed by atoms with van der Waals surface area (Å²) in [7, 11) is 2.04. The Bertz CT molecular complexity index is 611. The number of amides is 1. The van der Waals surface area contributed by atoms with Gasteiger partial charge in [-0.1, -0.05) is 13.8 Å². The Morgan fingerprint density at radius 1 is 1.24 bits per heavy atom. The van der Waals surface area contributed by atoms with Crippen LogP contribution in [0.5, 0.6) is 0 Å². The van der Waals surface area contributed by atoms with Crippen LogP contribution in [0.2, 0.25) is 0 Å². The van der Waals surface area contributed by atoms with Gasteiger partial charge in [0.2, 0.25) is 5.89 Å². The molecule has 1 atom stereocenters. The fraction of sp³-hybridized carbons (Fsp3) is 0.810. The van der Waals surface area contributed by atoms with E-state index in [4.69, 9.17) is 4.42 Å². The summed E-state index contributed by atoms with van der Waals surface area (Å²) in [5.41, 5.74) is 0.347. The smallest absolute Gasteiger partial charge is 0.273 e. The molecule has 2 rings (SSSR count). The highest BCUT2D eigenvalue weighted by Gasteiger charge is 2.22. The summed E-state index contributed by atoms with van der Waals surface area (Å²) in [5, 5.41) is 13.2. The monoisotopic (exact) mass is 409 g/mol. The Kier molecular flexibility index (Phi) is 9.55. The van der Waals surface area contributed by atoms with Crippen molar-refractivity contribution in [2.45, 2.75) is 52.8 Å². The lowest BCUT2D eigenvalue weighted by Gasteiger charge is -2.35. The minimum Gasteiger partial charge on any atom is -0.447 e. The van der Waals surface area contributed by atoms with Crippen LogP contribution < -0.4 is 5.32 Å². The van der Waals surface area contributed by atoms with Crippen LogP contribution in [0.3, 0.4) is 0 Å². The second-order valence-electron chi connectivity index (χ2n) is 8.83. The molecule has 1 aliphatic rings. The topological polar surface area (TPSA) is 85.1 Å². The predicted molar refractivity (Wildman–Crippen MR) is 114 cm³/mol. The van der Waals surface area contributed by atoms with E-state index in [2.05, 4.69) is 52.7 Å². The number of oxazole rings is 1. The van der Waals surface area contributed by atoms with Gasteiger partial charge in [-0.25, -0.2) is 4.98 Å². The van der Waals surface area contributed by atoms with Gasteiger partial charge < -0.3 is 19.7 Å². The quantitative estimate of drug-likeness (QED) is 0.569. The summed E-state index contributed by atoms with van der Waals surface area (Å²) in [6.07, 6.45) is 2.05. The van der Waals surface area contributed by atoms with Gasteiger partial charge in [0.1, 0.15) is 6.26 Å². The fourth-order valence-electron chi connectivity index (χ4n) is 3.27. The molecule has 1 fully saturated rings. The summed E-state index contributed by atoms with van der Waals surface area (Å²) in [6, 6.07) is 0.435. The third-order valence-electron chi connectivity index (χ3n) is 5.46. The van der Waals surface area contributed by atoms with Gasteiger partial charge >= 0.3 is 0 Å². The second kappa shape index (κ2) is 11.6. The van der Waals surface area contributed by atoms with E-state index < -0.39 is 0 Å². The Balaban J connectivity index is 1.70. The molecule has 0 saturated carbocycles. The Morgan fingerprint density at radius 3 is 2.52 bits per heavy atom. The first-order valence-corrected chi connectivity index (χ1v) is 10.8. The molecule has 1 saturated heterocycles. The van der Waals surface area contributed by atoms with Gasteiger partial charge in [0.15, 0.2) is 5.69 Å². The van der Waals surface area contributed by atoms with Crippen molar-refractivity contribution >= 4 is 5.91 Å². The highest BCUT2D eigenvalue weighted by atomic mass is 16.3. The number of carbonyl (C=O) groups excluding carboxylic acids is 1. The average Bonchev–Trinajstić information content (AvgIpc) is 3.11. The maximum absolute atomic E-state index is 12.1. The SMILES string of the molecule is CC(C)CCNC(=O)c1coc(CN2CCN(CC(O)CN(C)C(C)C)CC2)n1. The molecular weight excluding hydrogens is 370 g/mol. The number of hydrogen-bond donors (Lipinski definition) is 2. The molecule has 8 heteroatoms. The number of piperazine rings is 1. The van der Waals surface area contributed by atoms with E-state index in [1.54, 1.807) is 0 Å². The molecule has 8 nitrogen and oxygen atoms in total. The van der Waals surface area contributed by atoms with E-state index in [-0.39, 0.29) is 12.0 Å². The van der Waals surface area contributed by atoms with E-state index in [1.165, 1.54) is 6.26 Å². The lowest BCUT2D eigenvalue weighted by atomic mass is 10.1. The number of likely N-dealkylation sites (N-methyl/N-ethyl adjacent to an activating group) is 1. The summed E-state index contributed by atoms with van der Waals surface area (Å²) >= 11 is 0. The zero-order valence-electron chi connectivity index (χ0n) is 18.7. The van der Waals surface area contributed by atoms with Crippen molar-refractivity contribution in [3.8, 4) is 0 Å². The first-order valence-electron chi connectivity index (χ1n) is 10.8. The van der Waals surface area contributed by atoms with Crippen LogP contribution >= 0.6 is 0 Å². The summed E-state index contributed by atoms with van der Waals surface area (Å²) in [4.78, 5) is 23.2. The Hall–Kier alpha value is -1.48. The lowest BCUT2D eigenvalue weighted by molar-refractivity contribution is 0.0469. The van der Waals surface area contributed by atoms with Crippen molar-refractivity contribution in [1.82, 2.24) is 25.0 Å². The van der Waals surface area contributed by atoms with E-state index in [9.17, 15) is 9.90 Å². The van der Waals surface area contributed by atoms with Gasteiger partial charge in [0.25, 0.3) is 5.91 Å². The van der Waals surface area contributed by atoms with Gasteiger partial charge in [-0.2, -0.15) is 0 Å². The number of rotatable bonds is 11. The van der Waals surface area contributed by atoms with Gasteiger partial charge in [-0.3, -0.25) is 14.6 Å². The maximum atomic E-state index is 12.1. The van der Waals surface area contributed by atoms with Crippen LogP contribution in [0.15, 0.2) is 10.7 Å². The maximum Gasteiger partial charge on any atom is 0.273 e. The van der Waals surface area contributed by atoms with Gasteiger partial charge in [0.05, 0.1) is 12.6 Å². The van der Waals surface area contributed by atoms with E-state index >= 15 is 0 Å². The molecule has 166 valence electrons. The third kappa shape index (κ3) is 8.42. The molecule has 1 aromatic rings. The highest BCUT2D eigenvalue weighted by molar-refractivity contribution is 5.91. The number of aliphatic hydroxyl groups excluding tert-OH is 1. The van der Waals surface area contributed by atoms with E-state index in [0.29, 0.717) is 49.7 Å². The van der Waals surface area contributed by atoms with Gasteiger partial charge in [-0.05, 0) is 33.2 Å². The normalized spacial score (nSPS) is 17.4. The molecule has 2 N–H and O–H groups in total. The fourth-order valence-corrected chi connectivity index (χ4v) is 3.27. The van der Waals surface area contributed by atoms with Crippen molar-refractivity contribution < 1.29 is 14.3 Å². The average molecular weight is 410 g/mol. The minimum absolute atomic E-state index is 0.175. The van der Waals surface area contributed by atoms with Crippen molar-refractivity contribution in [2.75, 3.05) is 52.9 Å². The Labute approximate surface area is 175 Å². The molecule has 0 spiro atoms. The first kappa shape index (κ1) is 23.8. The molecular formula is C21H39N5O3. The summed E-state index contributed by atoms with van der Waals surface area (Å²) in [6.45, 7) is 14.8. The van der Waals surface area contributed by atoms with Crippen LogP contribution in [0.4, 0.5) is 0 Å². The van der Waals surface area contributed by atoms with Crippen LogP contribution in [-0.2, 0) is 6.54 Å². The molecule has 1 amide bonds. The molecule has 2 heterocycles. The van der Waals surface area contributed by atoms with Crippen molar-refractivity contribution in [3.05, 3.63) is 17.8 Å². The Morgan fingerprint density at radius 2 is 1.90 bits per heavy atom. The summed E-state index contributed by atoms with van der Waals surface area (Å²) < 4.78 is 5.50. The van der Waals surface area contributed by atoms with Crippen LogP contribution in [-0.4, -0.2) is 95.7 Å². The molecule has 1 aromatic heterocycles. The molecule has 1 unspecified atom stereocenters. The van der Waals surface area contributed by atoms with Crippen molar-refractivity contribution in [3.63, 3.8) is 0 Å². The van der Waals surface area contributed by atoms with Crippen LogP contribution in [0.25, 0.3) is 0 Å². The minimum atomic E-state index is -0.336. The number of β-amino-alcohol motifs (C(OH)–C–C–N with tert-alkyl or cyclic N) is 1. The van der Waals surface area contributed by atoms with Gasteiger partial charge in [0, 0.05) is 51.9 Å². The second-order valence-corrected chi connectivity index (χ2v) is 8.83. The summed E-state index contributed by atoms with van der Waals surface area (Å²) in [5.74, 6) is 0.955. The van der Waals surface area contributed by atoms with Crippen molar-refractivity contribution in [2.24, 2.45) is 5.92 Å². The lowest BCUT2D eigenvalue weighted by Crippen LogP contribution is -2.49. The number of carbonyl (C=O) groups is 1. The predicted octanol–water partition coefficient (Wildman–Crippen LogP) is 1.27. The van der Waals surface area contributed by atoms with E-state index in [0.717, 1.165) is 32.6 Å². The van der Waals surface area contributed by atoms with E-state index in [1.807, 2.05) is 7.05 Å².